The van der Waals surface area contributed by atoms with Crippen LogP contribution in [0, 0.1) is 16.7 Å². The summed E-state index contributed by atoms with van der Waals surface area (Å²) in [5.41, 5.74) is -5.22. The summed E-state index contributed by atoms with van der Waals surface area (Å²) in [6.07, 6.45) is -4.52. The summed E-state index contributed by atoms with van der Waals surface area (Å²) in [6, 6.07) is 9.78. The van der Waals surface area contributed by atoms with Crippen LogP contribution in [0.1, 0.15) is 111 Å². The van der Waals surface area contributed by atoms with Gasteiger partial charge in [-0.25, -0.2) is 0 Å². The van der Waals surface area contributed by atoms with Crippen molar-refractivity contribution < 1.29 is 55.3 Å². The molecule has 0 radical (unpaired) electrons. The van der Waals surface area contributed by atoms with Crippen LogP contribution in [0.25, 0.3) is 0 Å². The van der Waals surface area contributed by atoms with Crippen LogP contribution in [0.2, 0.25) is 0 Å². The number of nitriles is 1. The lowest BCUT2D eigenvalue weighted by molar-refractivity contribution is -0.160. The molecular weight excluding hydrogens is 803 g/mol. The van der Waals surface area contributed by atoms with Gasteiger partial charge in [-0.3, -0.25) is 19.4 Å². The minimum atomic E-state index is -4.90. The first-order chi connectivity index (χ1) is 27.9. The Morgan fingerprint density at radius 2 is 1.73 bits per heavy atom. The summed E-state index contributed by atoms with van der Waals surface area (Å²) in [6.45, 7) is 3.57. The van der Waals surface area contributed by atoms with Gasteiger partial charge in [0.25, 0.3) is 11.8 Å². The Labute approximate surface area is 342 Å². The molecule has 0 spiro atoms. The van der Waals surface area contributed by atoms with E-state index in [1.54, 1.807) is 31.2 Å². The van der Waals surface area contributed by atoms with Gasteiger partial charge in [-0.2, -0.15) is 31.6 Å². The summed E-state index contributed by atoms with van der Waals surface area (Å²) in [4.78, 5) is 46.6. The second kappa shape index (κ2) is 17.0. The number of pyridine rings is 1. The monoisotopic (exact) mass is 848 g/mol. The molecule has 3 aliphatic rings. The SMILES string of the molecule is CCC[C@H]1N(C(=O)c2cnccc2C(F)(F)F)CCC[C@@]1(Oc1csc(C(F)(F)F)c1)C(=O)N1CCC(C#N)(c2ccccc2OC(C)CCC2(C(=O)O)CCC2)CC1. The van der Waals surface area contributed by atoms with E-state index in [0.29, 0.717) is 60.8 Å². The van der Waals surface area contributed by atoms with Crippen LogP contribution in [0.3, 0.4) is 0 Å². The third-order valence-electron chi connectivity index (χ3n) is 12.2. The van der Waals surface area contributed by atoms with E-state index in [0.717, 1.165) is 35.2 Å². The molecule has 2 saturated heterocycles. The first-order valence-corrected chi connectivity index (χ1v) is 20.6. The number of carbonyl (C=O) groups excluding carboxylic acids is 2. The number of halogens is 6. The average molecular weight is 849 g/mol. The molecular formula is C42H46F6N4O6S. The van der Waals surface area contributed by atoms with Gasteiger partial charge in [-0.1, -0.05) is 38.0 Å². The van der Waals surface area contributed by atoms with Crippen LogP contribution in [-0.4, -0.2) is 75.1 Å². The van der Waals surface area contributed by atoms with E-state index >= 15 is 4.79 Å². The average Bonchev–Trinajstić information content (AvgIpc) is 3.67. The zero-order valence-electron chi connectivity index (χ0n) is 32.7. The molecule has 1 saturated carbocycles. The maximum Gasteiger partial charge on any atom is 0.425 e. The van der Waals surface area contributed by atoms with Gasteiger partial charge in [-0.15, -0.1) is 11.3 Å². The van der Waals surface area contributed by atoms with Gasteiger partial charge < -0.3 is 24.4 Å². The Morgan fingerprint density at radius 3 is 2.32 bits per heavy atom. The molecule has 4 heterocycles. The number of hydrogen-bond donors (Lipinski definition) is 1. The predicted octanol–water partition coefficient (Wildman–Crippen LogP) is 9.29. The lowest BCUT2D eigenvalue weighted by Crippen LogP contribution is -2.68. The van der Waals surface area contributed by atoms with Crippen molar-refractivity contribution in [3.8, 4) is 17.6 Å². The van der Waals surface area contributed by atoms with Gasteiger partial charge in [0.15, 0.2) is 0 Å². The van der Waals surface area contributed by atoms with Crippen molar-refractivity contribution in [3.63, 3.8) is 0 Å². The molecule has 59 heavy (non-hydrogen) atoms. The molecule has 3 atom stereocenters. The van der Waals surface area contributed by atoms with Crippen molar-refractivity contribution in [1.29, 1.82) is 5.26 Å². The first kappa shape index (κ1) is 43.7. The lowest BCUT2D eigenvalue weighted by atomic mass is 9.66. The zero-order chi connectivity index (χ0) is 42.8. The van der Waals surface area contributed by atoms with Crippen LogP contribution in [0.4, 0.5) is 26.3 Å². The highest BCUT2D eigenvalue weighted by atomic mass is 32.1. The van der Waals surface area contributed by atoms with E-state index in [1.807, 2.05) is 6.92 Å². The maximum absolute atomic E-state index is 15.1. The number of nitrogens with zero attached hydrogens (tertiary/aromatic N) is 4. The smallest absolute Gasteiger partial charge is 0.425 e. The molecule has 1 aromatic carbocycles. The number of rotatable bonds is 13. The third kappa shape index (κ3) is 8.74. The van der Waals surface area contributed by atoms with E-state index in [-0.39, 0.29) is 63.6 Å². The van der Waals surface area contributed by atoms with Crippen molar-refractivity contribution in [3.05, 3.63) is 75.7 Å². The Hall–Kier alpha value is -4.85. The van der Waals surface area contributed by atoms with Gasteiger partial charge >= 0.3 is 18.3 Å². The van der Waals surface area contributed by atoms with Crippen LogP contribution < -0.4 is 9.47 Å². The first-order valence-electron chi connectivity index (χ1n) is 19.8. The summed E-state index contributed by atoms with van der Waals surface area (Å²) in [7, 11) is 0. The van der Waals surface area contributed by atoms with Gasteiger partial charge in [0, 0.05) is 55.5 Å². The summed E-state index contributed by atoms with van der Waals surface area (Å²) >= 11 is 0.367. The quantitative estimate of drug-likeness (QED) is 0.168. The number of aromatic nitrogens is 1. The van der Waals surface area contributed by atoms with Crippen LogP contribution in [0.15, 0.2) is 54.2 Å². The second-order valence-electron chi connectivity index (χ2n) is 15.9. The molecule has 2 amide bonds. The molecule has 1 aliphatic carbocycles. The van der Waals surface area contributed by atoms with E-state index in [4.69, 9.17) is 9.47 Å². The molecule has 6 rings (SSSR count). The molecule has 318 valence electrons. The second-order valence-corrected chi connectivity index (χ2v) is 16.8. The topological polar surface area (TPSA) is 133 Å². The fourth-order valence-corrected chi connectivity index (χ4v) is 9.47. The molecule has 0 bridgehead atoms. The highest BCUT2D eigenvalue weighted by Crippen LogP contribution is 2.47. The highest BCUT2D eigenvalue weighted by Gasteiger charge is 2.57. The molecule has 1 N–H and O–H groups in total. The van der Waals surface area contributed by atoms with E-state index in [2.05, 4.69) is 11.1 Å². The lowest BCUT2D eigenvalue weighted by Gasteiger charge is -2.51. The van der Waals surface area contributed by atoms with Gasteiger partial charge in [0.05, 0.1) is 40.2 Å². The maximum atomic E-state index is 15.1. The minimum absolute atomic E-state index is 0.00752. The normalized spacial score (nSPS) is 22.1. The Morgan fingerprint density at radius 1 is 1.02 bits per heavy atom. The largest absolute Gasteiger partial charge is 0.490 e. The van der Waals surface area contributed by atoms with Crippen molar-refractivity contribution in [1.82, 2.24) is 14.8 Å². The van der Waals surface area contributed by atoms with Crippen molar-refractivity contribution >= 4 is 29.1 Å². The number of piperidine rings is 2. The molecule has 1 unspecified atom stereocenters. The minimum Gasteiger partial charge on any atom is -0.490 e. The van der Waals surface area contributed by atoms with Gasteiger partial charge in [0.2, 0.25) is 5.60 Å². The number of likely N-dealkylation sites (tertiary alicyclic amines) is 2. The number of amides is 2. The predicted molar refractivity (Wildman–Crippen MR) is 204 cm³/mol. The number of alkyl halides is 6. The number of carboxylic acid groups (broad SMARTS) is 1. The van der Waals surface area contributed by atoms with Gasteiger partial charge in [0.1, 0.15) is 16.4 Å². The van der Waals surface area contributed by atoms with Gasteiger partial charge in [-0.05, 0) is 70.4 Å². The fourth-order valence-electron chi connectivity index (χ4n) is 8.80. The number of aliphatic carboxylic acids is 1. The molecule has 2 aliphatic heterocycles. The molecule has 10 nitrogen and oxygen atoms in total. The summed E-state index contributed by atoms with van der Waals surface area (Å²) in [5, 5.41) is 21.6. The molecule has 2 aromatic heterocycles. The molecule has 17 heteroatoms. The third-order valence-corrected chi connectivity index (χ3v) is 13.2. The van der Waals surface area contributed by atoms with E-state index in [9.17, 15) is 46.3 Å². The standard InChI is InChI=1S/C42H46F6N4O6S/c1-3-8-33-40(58-28-23-34(59-25-28)42(46,47)48,15-7-20-52(33)35(53)29-24-50-19-12-30(29)41(43,44)45)36(54)51-21-17-39(26-49,18-22-51)31-9-4-5-10-32(31)57-27(2)11-16-38(37(55)56)13-6-14-38/h4-5,9-10,12,19,23-25,27,33H,3,6-8,11,13-18,20-22H2,1-2H3,(H,55,56)/t27?,33-,40+/m1/s1. The number of ether oxygens (including phenoxy) is 2. The van der Waals surface area contributed by atoms with Crippen LogP contribution in [0.5, 0.6) is 11.5 Å². The number of benzene rings is 1. The summed E-state index contributed by atoms with van der Waals surface area (Å²) < 4.78 is 96.4. The zero-order valence-corrected chi connectivity index (χ0v) is 33.5. The van der Waals surface area contributed by atoms with Crippen molar-refractivity contribution in [2.24, 2.45) is 5.41 Å². The Kier molecular flexibility index (Phi) is 12.6. The van der Waals surface area contributed by atoms with E-state index in [1.165, 1.54) is 4.90 Å². The number of para-hydroxylation sites is 1. The number of thiophene rings is 1. The number of carboxylic acids is 1. The molecule has 3 aromatic rings. The van der Waals surface area contributed by atoms with Crippen molar-refractivity contribution in [2.45, 2.75) is 120 Å². The number of hydrogen-bond acceptors (Lipinski definition) is 8. The Balaban J connectivity index is 1.29. The summed E-state index contributed by atoms with van der Waals surface area (Å²) in [5.74, 6) is -2.31. The van der Waals surface area contributed by atoms with Crippen LogP contribution in [-0.2, 0) is 27.4 Å². The van der Waals surface area contributed by atoms with Crippen molar-refractivity contribution in [2.75, 3.05) is 19.6 Å². The van der Waals surface area contributed by atoms with Crippen LogP contribution >= 0.6 is 11.3 Å². The highest BCUT2D eigenvalue weighted by molar-refractivity contribution is 7.10. The van der Waals surface area contributed by atoms with E-state index < -0.39 is 68.6 Å². The fraction of sp³-hybridized carbons (Fsp3) is 0.548. The Bertz CT molecular complexity index is 2050. The molecule has 3 fully saturated rings. The number of carbonyl (C=O) groups is 3.